The normalized spacial score (nSPS) is 17.4. The number of amides is 2. The van der Waals surface area contributed by atoms with E-state index >= 15 is 0 Å². The number of likely N-dealkylation sites (tertiary alicyclic amines) is 1. The number of carboxylic acid groups (broad SMARTS) is 1. The van der Waals surface area contributed by atoms with Crippen molar-refractivity contribution < 1.29 is 19.5 Å². The van der Waals surface area contributed by atoms with Gasteiger partial charge in [0.15, 0.2) is 0 Å². The number of carbonyl (C=O) groups excluding carboxylic acids is 2. The SMILES string of the molecule is Cc1ccc(NC(=O)C[C@@H](CC(=O)O)c2cccc3ccccc23)c(C(=O)N2CCC3(CCCC3)CC2)c1. The second-order valence-corrected chi connectivity index (χ2v) is 11.2. The molecule has 198 valence electrons. The fraction of sp³-hybridized carbons (Fsp3) is 0.406. The Balaban J connectivity index is 1.34. The average molecular weight is 513 g/mol. The average Bonchev–Trinajstić information content (AvgIpc) is 3.36. The summed E-state index contributed by atoms with van der Waals surface area (Å²) < 4.78 is 0. The topological polar surface area (TPSA) is 86.7 Å². The Labute approximate surface area is 224 Å². The van der Waals surface area contributed by atoms with Gasteiger partial charge in [0.05, 0.1) is 17.7 Å². The molecule has 1 spiro atoms. The van der Waals surface area contributed by atoms with Gasteiger partial charge in [-0.1, -0.05) is 66.9 Å². The van der Waals surface area contributed by atoms with Crippen LogP contribution in [0.2, 0.25) is 0 Å². The van der Waals surface area contributed by atoms with Gasteiger partial charge in [-0.2, -0.15) is 0 Å². The van der Waals surface area contributed by atoms with Gasteiger partial charge < -0.3 is 15.3 Å². The minimum absolute atomic E-state index is 0.00798. The van der Waals surface area contributed by atoms with Crippen LogP contribution >= 0.6 is 0 Å². The Morgan fingerprint density at radius 2 is 1.63 bits per heavy atom. The molecule has 1 atom stereocenters. The zero-order valence-electron chi connectivity index (χ0n) is 22.0. The number of piperidine rings is 1. The number of nitrogens with zero attached hydrogens (tertiary/aromatic N) is 1. The molecule has 0 bridgehead atoms. The van der Waals surface area contributed by atoms with E-state index in [1.165, 1.54) is 25.7 Å². The van der Waals surface area contributed by atoms with Crippen molar-refractivity contribution in [1.29, 1.82) is 0 Å². The highest BCUT2D eigenvalue weighted by atomic mass is 16.4. The molecule has 3 aromatic carbocycles. The van der Waals surface area contributed by atoms with Crippen LogP contribution in [0.5, 0.6) is 0 Å². The summed E-state index contributed by atoms with van der Waals surface area (Å²) in [5.41, 5.74) is 3.20. The van der Waals surface area contributed by atoms with Crippen LogP contribution < -0.4 is 5.32 Å². The summed E-state index contributed by atoms with van der Waals surface area (Å²) in [5, 5.41) is 14.5. The first-order valence-corrected chi connectivity index (χ1v) is 13.7. The maximum Gasteiger partial charge on any atom is 0.303 e. The second-order valence-electron chi connectivity index (χ2n) is 11.2. The van der Waals surface area contributed by atoms with Crippen molar-refractivity contribution in [2.45, 2.75) is 64.2 Å². The van der Waals surface area contributed by atoms with Crippen LogP contribution in [0.3, 0.4) is 0 Å². The molecule has 2 amide bonds. The van der Waals surface area contributed by atoms with Crippen molar-refractivity contribution in [3.8, 4) is 0 Å². The summed E-state index contributed by atoms with van der Waals surface area (Å²) in [6.07, 6.45) is 7.09. The van der Waals surface area contributed by atoms with Gasteiger partial charge in [-0.3, -0.25) is 14.4 Å². The molecule has 3 aromatic rings. The van der Waals surface area contributed by atoms with E-state index < -0.39 is 11.9 Å². The molecule has 1 aliphatic carbocycles. The molecule has 0 unspecified atom stereocenters. The smallest absolute Gasteiger partial charge is 0.303 e. The number of carboxylic acids is 1. The molecule has 0 aromatic heterocycles. The number of nitrogens with one attached hydrogen (secondary N) is 1. The van der Waals surface area contributed by atoms with Crippen LogP contribution in [0.25, 0.3) is 10.8 Å². The fourth-order valence-corrected chi connectivity index (χ4v) is 6.46. The molecule has 5 rings (SSSR count). The van der Waals surface area contributed by atoms with E-state index in [0.29, 0.717) is 16.7 Å². The molecular weight excluding hydrogens is 476 g/mol. The van der Waals surface area contributed by atoms with Crippen molar-refractivity contribution in [2.24, 2.45) is 5.41 Å². The third kappa shape index (κ3) is 5.59. The number of aryl methyl sites for hydroxylation is 1. The Bertz CT molecular complexity index is 1340. The van der Waals surface area contributed by atoms with Gasteiger partial charge in [0.25, 0.3) is 5.91 Å². The summed E-state index contributed by atoms with van der Waals surface area (Å²) in [7, 11) is 0. The zero-order chi connectivity index (χ0) is 26.7. The summed E-state index contributed by atoms with van der Waals surface area (Å²) in [6.45, 7) is 3.44. The summed E-state index contributed by atoms with van der Waals surface area (Å²) in [5.74, 6) is -1.79. The zero-order valence-corrected chi connectivity index (χ0v) is 22.0. The molecule has 1 saturated carbocycles. The molecule has 1 heterocycles. The van der Waals surface area contributed by atoms with Gasteiger partial charge in [0.1, 0.15) is 0 Å². The quantitative estimate of drug-likeness (QED) is 0.377. The largest absolute Gasteiger partial charge is 0.481 e. The van der Waals surface area contributed by atoms with E-state index in [1.807, 2.05) is 66.4 Å². The van der Waals surface area contributed by atoms with Crippen molar-refractivity contribution in [1.82, 2.24) is 4.90 Å². The lowest BCUT2D eigenvalue weighted by Gasteiger charge is -2.39. The number of rotatable bonds is 7. The van der Waals surface area contributed by atoms with E-state index in [-0.39, 0.29) is 24.7 Å². The monoisotopic (exact) mass is 512 g/mol. The fourth-order valence-electron chi connectivity index (χ4n) is 6.46. The van der Waals surface area contributed by atoms with Crippen molar-refractivity contribution in [3.63, 3.8) is 0 Å². The van der Waals surface area contributed by atoms with Crippen LogP contribution in [-0.2, 0) is 9.59 Å². The molecule has 0 radical (unpaired) electrons. The molecule has 6 nitrogen and oxygen atoms in total. The maximum atomic E-state index is 13.6. The summed E-state index contributed by atoms with van der Waals surface area (Å²) in [6, 6.07) is 19.1. The number of aliphatic carboxylic acids is 1. The van der Waals surface area contributed by atoms with Gasteiger partial charge in [-0.25, -0.2) is 0 Å². The van der Waals surface area contributed by atoms with Gasteiger partial charge in [-0.05, 0) is 66.5 Å². The van der Waals surface area contributed by atoms with E-state index in [2.05, 4.69) is 5.32 Å². The lowest BCUT2D eigenvalue weighted by Crippen LogP contribution is -2.42. The second kappa shape index (κ2) is 11.0. The highest BCUT2D eigenvalue weighted by molar-refractivity contribution is 6.04. The highest BCUT2D eigenvalue weighted by Gasteiger charge is 2.38. The number of benzene rings is 3. The maximum absolute atomic E-state index is 13.6. The standard InChI is InChI=1S/C32H36N2O4/c1-22-11-12-28(27(19-22)31(38)34-17-15-32(16-18-34)13-4-5-14-32)33-29(35)20-24(21-30(36)37)26-10-6-8-23-7-2-3-9-25(23)26/h2-3,6-12,19,24H,4-5,13-18,20-21H2,1H3,(H,33,35)(H,36,37)/t24-/m0/s1. The first-order valence-electron chi connectivity index (χ1n) is 13.7. The lowest BCUT2D eigenvalue weighted by atomic mass is 9.77. The van der Waals surface area contributed by atoms with Gasteiger partial charge in [-0.15, -0.1) is 0 Å². The van der Waals surface area contributed by atoms with Crippen LogP contribution in [0.4, 0.5) is 5.69 Å². The van der Waals surface area contributed by atoms with Crippen LogP contribution in [-0.4, -0.2) is 40.9 Å². The molecule has 2 fully saturated rings. The number of fused-ring (bicyclic) bond motifs is 1. The van der Waals surface area contributed by atoms with E-state index in [1.54, 1.807) is 6.07 Å². The number of hydrogen-bond donors (Lipinski definition) is 2. The molecular formula is C32H36N2O4. The first kappa shape index (κ1) is 26.0. The van der Waals surface area contributed by atoms with Crippen molar-refractivity contribution in [3.05, 3.63) is 77.4 Å². The Kier molecular flexibility index (Phi) is 7.50. The van der Waals surface area contributed by atoms with Gasteiger partial charge in [0, 0.05) is 25.4 Å². The lowest BCUT2D eigenvalue weighted by molar-refractivity contribution is -0.137. The van der Waals surface area contributed by atoms with Gasteiger partial charge in [0.2, 0.25) is 5.91 Å². The Hall–Kier alpha value is -3.67. The van der Waals surface area contributed by atoms with Crippen molar-refractivity contribution >= 4 is 34.2 Å². The molecule has 2 aliphatic rings. The molecule has 38 heavy (non-hydrogen) atoms. The number of carbonyl (C=O) groups is 3. The molecule has 1 saturated heterocycles. The summed E-state index contributed by atoms with van der Waals surface area (Å²) >= 11 is 0. The molecule has 2 N–H and O–H groups in total. The third-order valence-corrected chi connectivity index (χ3v) is 8.57. The van der Waals surface area contributed by atoms with E-state index in [9.17, 15) is 19.5 Å². The minimum atomic E-state index is -0.952. The highest BCUT2D eigenvalue weighted by Crippen LogP contribution is 2.46. The van der Waals surface area contributed by atoms with E-state index in [0.717, 1.165) is 47.8 Å². The third-order valence-electron chi connectivity index (χ3n) is 8.57. The minimum Gasteiger partial charge on any atom is -0.481 e. The Morgan fingerprint density at radius 1 is 0.921 bits per heavy atom. The number of hydrogen-bond acceptors (Lipinski definition) is 3. The Morgan fingerprint density at radius 3 is 2.37 bits per heavy atom. The van der Waals surface area contributed by atoms with Crippen LogP contribution in [0.1, 0.15) is 78.8 Å². The van der Waals surface area contributed by atoms with Crippen LogP contribution in [0.15, 0.2) is 60.7 Å². The molecule has 1 aliphatic heterocycles. The van der Waals surface area contributed by atoms with E-state index in [4.69, 9.17) is 0 Å². The predicted octanol–water partition coefficient (Wildman–Crippen LogP) is 6.53. The first-order chi connectivity index (χ1) is 18.3. The summed E-state index contributed by atoms with van der Waals surface area (Å²) in [4.78, 5) is 40.5. The van der Waals surface area contributed by atoms with Gasteiger partial charge >= 0.3 is 5.97 Å². The van der Waals surface area contributed by atoms with Crippen LogP contribution in [0, 0.1) is 12.3 Å². The van der Waals surface area contributed by atoms with Crippen molar-refractivity contribution in [2.75, 3.05) is 18.4 Å². The number of anilines is 1. The predicted molar refractivity (Wildman–Crippen MR) is 149 cm³/mol. The molecule has 6 heteroatoms.